The molecule has 1 heterocycles. The smallest absolute Gasteiger partial charge is 0.362 e. The number of nitrogens with zero attached hydrogens (tertiary/aromatic N) is 2. The van der Waals surface area contributed by atoms with E-state index in [0.29, 0.717) is 17.3 Å². The average molecular weight is 407 g/mol. The molecule has 0 unspecified atom stereocenters. The van der Waals surface area contributed by atoms with Gasteiger partial charge in [0.1, 0.15) is 0 Å². The first-order valence-electron chi connectivity index (χ1n) is 7.50. The third-order valence-corrected chi connectivity index (χ3v) is 4.32. The average Bonchev–Trinajstić information content (AvgIpc) is 2.83. The van der Waals surface area contributed by atoms with Crippen molar-refractivity contribution in [2.45, 2.75) is 45.0 Å². The molecule has 0 spiro atoms. The van der Waals surface area contributed by atoms with Gasteiger partial charge in [-0.3, -0.25) is 4.79 Å². The van der Waals surface area contributed by atoms with E-state index in [9.17, 15) is 23.1 Å². The molecule has 0 saturated heterocycles. The van der Waals surface area contributed by atoms with E-state index in [-0.39, 0.29) is 22.2 Å². The van der Waals surface area contributed by atoms with Gasteiger partial charge in [-0.1, -0.05) is 29.8 Å². The molecular weight excluding hydrogens is 389 g/mol. The number of hydrogen-bond acceptors (Lipinski definition) is 3. The zero-order valence-corrected chi connectivity index (χ0v) is 14.9. The molecule has 132 valence electrons. The van der Waals surface area contributed by atoms with Crippen LogP contribution in [0.5, 0.6) is 0 Å². The number of aliphatic hydroxyl groups is 1. The van der Waals surface area contributed by atoms with Crippen molar-refractivity contribution in [3.8, 4) is 0 Å². The SMILES string of the molecule is CC(C)CCC1=NN(C(=O)c2ccc(Br)cc2)[C@@](O)(C(F)(F)F)C1. The van der Waals surface area contributed by atoms with Gasteiger partial charge in [-0.2, -0.15) is 23.3 Å². The fourth-order valence-electron chi connectivity index (χ4n) is 2.36. The zero-order chi connectivity index (χ0) is 18.1. The summed E-state index contributed by atoms with van der Waals surface area (Å²) in [7, 11) is 0. The normalized spacial score (nSPS) is 21.3. The minimum atomic E-state index is -5.00. The second kappa shape index (κ2) is 6.84. The minimum Gasteiger partial charge on any atom is -0.362 e. The van der Waals surface area contributed by atoms with Gasteiger partial charge in [0.05, 0.1) is 0 Å². The summed E-state index contributed by atoms with van der Waals surface area (Å²) in [5.74, 6) is -0.704. The molecule has 0 aliphatic carbocycles. The molecule has 0 aromatic heterocycles. The lowest BCUT2D eigenvalue weighted by molar-refractivity contribution is -0.297. The lowest BCUT2D eigenvalue weighted by atomic mass is 9.99. The monoisotopic (exact) mass is 406 g/mol. The van der Waals surface area contributed by atoms with Crippen LogP contribution in [0.3, 0.4) is 0 Å². The van der Waals surface area contributed by atoms with Crippen molar-refractivity contribution in [1.82, 2.24) is 5.01 Å². The highest BCUT2D eigenvalue weighted by atomic mass is 79.9. The molecule has 1 aliphatic rings. The van der Waals surface area contributed by atoms with Crippen LogP contribution in [0.15, 0.2) is 33.8 Å². The Bertz CT molecular complexity index is 644. The van der Waals surface area contributed by atoms with E-state index in [1.807, 2.05) is 13.8 Å². The van der Waals surface area contributed by atoms with Crippen molar-refractivity contribution < 1.29 is 23.1 Å². The molecule has 0 bridgehead atoms. The molecule has 24 heavy (non-hydrogen) atoms. The molecule has 0 saturated carbocycles. The van der Waals surface area contributed by atoms with E-state index >= 15 is 0 Å². The van der Waals surface area contributed by atoms with Gasteiger partial charge in [0, 0.05) is 22.2 Å². The molecule has 0 fully saturated rings. The van der Waals surface area contributed by atoms with E-state index in [2.05, 4.69) is 21.0 Å². The van der Waals surface area contributed by atoms with Gasteiger partial charge < -0.3 is 5.11 Å². The Hall–Kier alpha value is -1.41. The van der Waals surface area contributed by atoms with E-state index in [4.69, 9.17) is 0 Å². The van der Waals surface area contributed by atoms with Crippen LogP contribution in [0.25, 0.3) is 0 Å². The number of halogens is 4. The number of alkyl halides is 3. The van der Waals surface area contributed by atoms with Gasteiger partial charge in [-0.25, -0.2) is 0 Å². The Morgan fingerprint density at radius 2 is 1.96 bits per heavy atom. The summed E-state index contributed by atoms with van der Waals surface area (Å²) in [6, 6.07) is 5.84. The lowest BCUT2D eigenvalue weighted by Gasteiger charge is -2.32. The predicted octanol–water partition coefficient (Wildman–Crippen LogP) is 4.34. The van der Waals surface area contributed by atoms with Gasteiger partial charge in [0.15, 0.2) is 0 Å². The fraction of sp³-hybridized carbons (Fsp3) is 0.500. The molecule has 1 amide bonds. The topological polar surface area (TPSA) is 52.9 Å². The molecule has 1 aliphatic heterocycles. The van der Waals surface area contributed by atoms with Crippen LogP contribution in [0.2, 0.25) is 0 Å². The number of carbonyl (C=O) groups is 1. The molecule has 4 nitrogen and oxygen atoms in total. The molecular formula is C16H18BrF3N2O2. The lowest BCUT2D eigenvalue weighted by Crippen LogP contribution is -2.56. The summed E-state index contributed by atoms with van der Waals surface area (Å²) in [6.45, 7) is 3.88. The van der Waals surface area contributed by atoms with Crippen molar-refractivity contribution in [3.05, 3.63) is 34.3 Å². The van der Waals surface area contributed by atoms with Gasteiger partial charge in [0.2, 0.25) is 0 Å². The summed E-state index contributed by atoms with van der Waals surface area (Å²) < 4.78 is 40.8. The summed E-state index contributed by atoms with van der Waals surface area (Å²) >= 11 is 3.19. The van der Waals surface area contributed by atoms with Gasteiger partial charge in [0.25, 0.3) is 11.6 Å². The van der Waals surface area contributed by atoms with E-state index in [1.54, 1.807) is 12.1 Å². The van der Waals surface area contributed by atoms with Crippen LogP contribution in [0.1, 0.15) is 43.5 Å². The van der Waals surface area contributed by atoms with Gasteiger partial charge >= 0.3 is 6.18 Å². The van der Waals surface area contributed by atoms with Gasteiger partial charge in [-0.15, -0.1) is 0 Å². The molecule has 1 aromatic rings. The van der Waals surface area contributed by atoms with E-state index in [1.165, 1.54) is 12.1 Å². The molecule has 1 atom stereocenters. The number of amides is 1. The molecule has 0 radical (unpaired) electrons. The number of rotatable bonds is 4. The van der Waals surface area contributed by atoms with Crippen molar-refractivity contribution in [1.29, 1.82) is 0 Å². The van der Waals surface area contributed by atoms with Crippen LogP contribution in [-0.4, -0.2) is 33.6 Å². The number of hydrogen-bond donors (Lipinski definition) is 1. The first-order valence-corrected chi connectivity index (χ1v) is 8.29. The third kappa shape index (κ3) is 3.80. The largest absolute Gasteiger partial charge is 0.438 e. The van der Waals surface area contributed by atoms with Crippen LogP contribution in [0, 0.1) is 5.92 Å². The number of carbonyl (C=O) groups excluding carboxylic acids is 1. The van der Waals surface area contributed by atoms with Crippen molar-refractivity contribution in [2.24, 2.45) is 11.0 Å². The van der Waals surface area contributed by atoms with Crippen LogP contribution >= 0.6 is 15.9 Å². The maximum Gasteiger partial charge on any atom is 0.438 e. The first kappa shape index (κ1) is 18.9. The second-order valence-electron chi connectivity index (χ2n) is 6.21. The molecule has 2 rings (SSSR count). The Kier molecular flexibility index (Phi) is 5.39. The highest BCUT2D eigenvalue weighted by Gasteiger charge is 2.63. The predicted molar refractivity (Wildman–Crippen MR) is 87.4 cm³/mol. The molecule has 1 aromatic carbocycles. The summed E-state index contributed by atoms with van der Waals surface area (Å²) in [4.78, 5) is 12.4. The number of benzene rings is 1. The Labute approximate surface area is 146 Å². The second-order valence-corrected chi connectivity index (χ2v) is 7.13. The van der Waals surface area contributed by atoms with Crippen molar-refractivity contribution >= 4 is 27.5 Å². The quantitative estimate of drug-likeness (QED) is 0.808. The first-order chi connectivity index (χ1) is 11.0. The summed E-state index contributed by atoms with van der Waals surface area (Å²) in [6.07, 6.45) is -4.78. The highest BCUT2D eigenvalue weighted by molar-refractivity contribution is 9.10. The Balaban J connectivity index is 2.33. The van der Waals surface area contributed by atoms with Crippen LogP contribution in [0.4, 0.5) is 13.2 Å². The standard InChI is InChI=1S/C16H18BrF3N2O2/c1-10(2)3-8-13-9-15(24,16(18,19)20)22(21-13)14(23)11-4-6-12(17)7-5-11/h4-7,10,24H,3,8-9H2,1-2H3/t15-/m0/s1. The van der Waals surface area contributed by atoms with Crippen LogP contribution < -0.4 is 0 Å². The Morgan fingerprint density at radius 3 is 2.46 bits per heavy atom. The number of hydrazone groups is 1. The highest BCUT2D eigenvalue weighted by Crippen LogP contribution is 2.41. The van der Waals surface area contributed by atoms with Crippen molar-refractivity contribution in [3.63, 3.8) is 0 Å². The molecule has 1 N–H and O–H groups in total. The van der Waals surface area contributed by atoms with E-state index in [0.717, 1.165) is 0 Å². The fourth-order valence-corrected chi connectivity index (χ4v) is 2.63. The molecule has 8 heteroatoms. The van der Waals surface area contributed by atoms with Crippen molar-refractivity contribution in [2.75, 3.05) is 0 Å². The van der Waals surface area contributed by atoms with Gasteiger partial charge in [-0.05, 0) is 43.0 Å². The minimum absolute atomic E-state index is 0.0229. The summed E-state index contributed by atoms with van der Waals surface area (Å²) in [5.41, 5.74) is -3.10. The van der Waals surface area contributed by atoms with Crippen LogP contribution in [-0.2, 0) is 0 Å². The maximum absolute atomic E-state index is 13.4. The zero-order valence-electron chi connectivity index (χ0n) is 13.3. The Morgan fingerprint density at radius 1 is 1.38 bits per heavy atom. The van der Waals surface area contributed by atoms with E-state index < -0.39 is 24.2 Å². The maximum atomic E-state index is 13.4. The summed E-state index contributed by atoms with van der Waals surface area (Å²) in [5, 5.41) is 14.1. The third-order valence-electron chi connectivity index (χ3n) is 3.79.